The van der Waals surface area contributed by atoms with Crippen LogP contribution in [-0.4, -0.2) is 0 Å². The predicted molar refractivity (Wildman–Crippen MR) is 100 cm³/mol. The molecule has 0 saturated heterocycles. The van der Waals surface area contributed by atoms with Gasteiger partial charge >= 0.3 is 0 Å². The molecule has 0 unspecified atom stereocenters. The monoisotopic (exact) mass is 299 g/mol. The molecule has 0 fully saturated rings. The van der Waals surface area contributed by atoms with E-state index in [1.165, 1.54) is 79.7 Å². The van der Waals surface area contributed by atoms with Crippen molar-refractivity contribution in [2.45, 2.75) is 71.6 Å². The van der Waals surface area contributed by atoms with Gasteiger partial charge in [-0.25, -0.2) is 0 Å². The Kier molecular flexibility index (Phi) is 8.84. The van der Waals surface area contributed by atoms with Crippen LogP contribution in [0, 0.1) is 6.92 Å². The molecule has 1 nitrogen and oxygen atoms in total. The molecule has 0 aromatic heterocycles. The maximum atomic E-state index is 2.38. The first-order chi connectivity index (χ1) is 10.3. The molecule has 22 heavy (non-hydrogen) atoms. The number of benzene rings is 2. The van der Waals surface area contributed by atoms with Gasteiger partial charge in [-0.2, -0.15) is 0 Å². The second-order valence-corrected chi connectivity index (χ2v) is 6.41. The van der Waals surface area contributed by atoms with E-state index in [1.807, 2.05) is 0 Å². The highest BCUT2D eigenvalue weighted by molar-refractivity contribution is 5.83. The van der Waals surface area contributed by atoms with Crippen molar-refractivity contribution in [1.82, 2.24) is 6.15 Å². The average Bonchev–Trinajstić information content (AvgIpc) is 2.49. The van der Waals surface area contributed by atoms with Crippen LogP contribution in [-0.2, 0) is 6.42 Å². The summed E-state index contributed by atoms with van der Waals surface area (Å²) in [6, 6.07) is 13.7. The molecule has 2 rings (SSSR count). The van der Waals surface area contributed by atoms with Gasteiger partial charge in [0.1, 0.15) is 0 Å². The fourth-order valence-electron chi connectivity index (χ4n) is 3.03. The summed E-state index contributed by atoms with van der Waals surface area (Å²) in [6.45, 7) is 4.45. The molecule has 122 valence electrons. The van der Waals surface area contributed by atoms with Crippen LogP contribution < -0.4 is 6.15 Å². The number of unbranched alkanes of at least 4 members (excludes halogenated alkanes) is 7. The van der Waals surface area contributed by atoms with Crippen LogP contribution in [0.15, 0.2) is 36.4 Å². The maximum Gasteiger partial charge on any atom is -0.0179 e. The van der Waals surface area contributed by atoms with Gasteiger partial charge in [-0.1, -0.05) is 93.8 Å². The van der Waals surface area contributed by atoms with E-state index in [9.17, 15) is 0 Å². The Hall–Kier alpha value is -1.34. The molecule has 0 aliphatic heterocycles. The second kappa shape index (κ2) is 10.4. The highest BCUT2D eigenvalue weighted by atomic mass is 14.0. The van der Waals surface area contributed by atoms with Crippen LogP contribution in [0.25, 0.3) is 10.8 Å². The zero-order chi connectivity index (χ0) is 14.9. The van der Waals surface area contributed by atoms with Crippen LogP contribution in [0.3, 0.4) is 0 Å². The van der Waals surface area contributed by atoms with E-state index in [4.69, 9.17) is 0 Å². The molecule has 2 aromatic carbocycles. The lowest BCUT2D eigenvalue weighted by Crippen LogP contribution is -1.87. The normalized spacial score (nSPS) is 10.6. The van der Waals surface area contributed by atoms with Gasteiger partial charge in [0.15, 0.2) is 0 Å². The summed E-state index contributed by atoms with van der Waals surface area (Å²) in [4.78, 5) is 0. The standard InChI is InChI=1S/C21H30.H3N/c1-3-4-5-6-7-8-9-10-11-19-13-15-20-14-12-18(2)16-21(20)17-19;/h12-17H,3-11H2,1-2H3;1H3. The second-order valence-electron chi connectivity index (χ2n) is 6.41. The molecule has 0 bridgehead atoms. The largest absolute Gasteiger partial charge is 0.344 e. The number of aryl methyl sites for hydroxylation is 2. The molecular weight excluding hydrogens is 266 g/mol. The van der Waals surface area contributed by atoms with Gasteiger partial charge in [-0.15, -0.1) is 0 Å². The van der Waals surface area contributed by atoms with Crippen molar-refractivity contribution in [3.63, 3.8) is 0 Å². The Morgan fingerprint density at radius 1 is 0.682 bits per heavy atom. The van der Waals surface area contributed by atoms with Crippen LogP contribution >= 0.6 is 0 Å². The molecule has 0 saturated carbocycles. The van der Waals surface area contributed by atoms with E-state index in [0.717, 1.165) is 0 Å². The highest BCUT2D eigenvalue weighted by Gasteiger charge is 1.98. The minimum atomic E-state index is 0. The van der Waals surface area contributed by atoms with Crippen molar-refractivity contribution in [2.75, 3.05) is 0 Å². The quantitative estimate of drug-likeness (QED) is 0.497. The van der Waals surface area contributed by atoms with E-state index in [2.05, 4.69) is 50.2 Å². The molecule has 3 N–H and O–H groups in total. The molecule has 0 heterocycles. The molecule has 0 aliphatic carbocycles. The fourth-order valence-corrected chi connectivity index (χ4v) is 3.03. The molecule has 0 amide bonds. The maximum absolute atomic E-state index is 2.38. The summed E-state index contributed by atoms with van der Waals surface area (Å²) in [7, 11) is 0. The lowest BCUT2D eigenvalue weighted by atomic mass is 10.0. The summed E-state index contributed by atoms with van der Waals surface area (Å²) in [5.41, 5.74) is 2.85. The fraction of sp³-hybridized carbons (Fsp3) is 0.524. The van der Waals surface area contributed by atoms with Gasteiger partial charge in [0, 0.05) is 0 Å². The van der Waals surface area contributed by atoms with Gasteiger partial charge in [0.2, 0.25) is 0 Å². The van der Waals surface area contributed by atoms with Gasteiger partial charge in [-0.05, 0) is 36.1 Å². The molecular formula is C21H33N. The first-order valence-corrected chi connectivity index (χ1v) is 8.79. The van der Waals surface area contributed by atoms with E-state index in [0.29, 0.717) is 0 Å². The molecule has 2 aromatic rings. The minimum Gasteiger partial charge on any atom is -0.344 e. The molecule has 0 aliphatic rings. The van der Waals surface area contributed by atoms with Gasteiger partial charge < -0.3 is 6.15 Å². The van der Waals surface area contributed by atoms with Crippen molar-refractivity contribution in [3.8, 4) is 0 Å². The summed E-state index contributed by atoms with van der Waals surface area (Å²) in [5, 5.41) is 2.76. The van der Waals surface area contributed by atoms with Crippen LogP contribution in [0.4, 0.5) is 0 Å². The number of fused-ring (bicyclic) bond motifs is 1. The van der Waals surface area contributed by atoms with Gasteiger partial charge in [0.25, 0.3) is 0 Å². The first-order valence-electron chi connectivity index (χ1n) is 8.79. The van der Waals surface area contributed by atoms with E-state index in [1.54, 1.807) is 0 Å². The van der Waals surface area contributed by atoms with Crippen molar-refractivity contribution in [1.29, 1.82) is 0 Å². The highest BCUT2D eigenvalue weighted by Crippen LogP contribution is 2.19. The predicted octanol–water partition coefficient (Wildman–Crippen LogP) is 6.99. The Bertz CT molecular complexity index is 545. The van der Waals surface area contributed by atoms with Crippen LogP contribution in [0.5, 0.6) is 0 Å². The topological polar surface area (TPSA) is 35.0 Å². The Morgan fingerprint density at radius 3 is 2.05 bits per heavy atom. The average molecular weight is 300 g/mol. The third-order valence-electron chi connectivity index (χ3n) is 4.38. The Balaban J connectivity index is 0.00000242. The Morgan fingerprint density at radius 2 is 1.32 bits per heavy atom. The van der Waals surface area contributed by atoms with Crippen molar-refractivity contribution in [2.24, 2.45) is 0 Å². The SMILES string of the molecule is CCCCCCCCCCc1ccc2ccc(C)cc2c1.N. The summed E-state index contributed by atoms with van der Waals surface area (Å²) in [6.07, 6.45) is 12.4. The van der Waals surface area contributed by atoms with Crippen molar-refractivity contribution >= 4 is 10.8 Å². The molecule has 1 heteroatoms. The van der Waals surface area contributed by atoms with E-state index < -0.39 is 0 Å². The minimum absolute atomic E-state index is 0. The summed E-state index contributed by atoms with van der Waals surface area (Å²) in [5.74, 6) is 0. The zero-order valence-corrected chi connectivity index (χ0v) is 14.5. The van der Waals surface area contributed by atoms with E-state index >= 15 is 0 Å². The molecule has 0 radical (unpaired) electrons. The summed E-state index contributed by atoms with van der Waals surface area (Å²) >= 11 is 0. The van der Waals surface area contributed by atoms with Crippen LogP contribution in [0.2, 0.25) is 0 Å². The lowest BCUT2D eigenvalue weighted by molar-refractivity contribution is 0.575. The van der Waals surface area contributed by atoms with Crippen LogP contribution in [0.1, 0.15) is 69.4 Å². The number of rotatable bonds is 9. The van der Waals surface area contributed by atoms with Crippen molar-refractivity contribution in [3.05, 3.63) is 47.5 Å². The number of hydrogen-bond acceptors (Lipinski definition) is 1. The zero-order valence-electron chi connectivity index (χ0n) is 14.5. The third kappa shape index (κ3) is 6.19. The van der Waals surface area contributed by atoms with Crippen molar-refractivity contribution < 1.29 is 0 Å². The lowest BCUT2D eigenvalue weighted by Gasteiger charge is -2.05. The number of hydrogen-bond donors (Lipinski definition) is 1. The van der Waals surface area contributed by atoms with Gasteiger partial charge in [0.05, 0.1) is 0 Å². The Labute approximate surface area is 136 Å². The molecule has 0 spiro atoms. The first kappa shape index (κ1) is 18.7. The third-order valence-corrected chi connectivity index (χ3v) is 4.38. The van der Waals surface area contributed by atoms with Gasteiger partial charge in [-0.3, -0.25) is 0 Å². The summed E-state index contributed by atoms with van der Waals surface area (Å²) < 4.78 is 0. The van der Waals surface area contributed by atoms with E-state index in [-0.39, 0.29) is 6.15 Å². The smallest absolute Gasteiger partial charge is 0.0179 e. The molecule has 0 atom stereocenters.